The molecule has 3 heterocycles. The third-order valence-corrected chi connectivity index (χ3v) is 9.58. The number of ether oxygens (including phenoxy) is 1. The molecule has 0 unspecified atom stereocenters. The second-order valence-corrected chi connectivity index (χ2v) is 12.1. The zero-order valence-electron chi connectivity index (χ0n) is 23.6. The fraction of sp³-hybridized carbons (Fsp3) is 0.375. The topological polar surface area (TPSA) is 126 Å². The molecule has 0 saturated carbocycles. The highest BCUT2D eigenvalue weighted by Gasteiger charge is 2.32. The van der Waals surface area contributed by atoms with E-state index < -0.39 is 0 Å². The van der Waals surface area contributed by atoms with Gasteiger partial charge in [-0.1, -0.05) is 24.3 Å². The number of likely N-dealkylation sites (tertiary alicyclic amines) is 1. The average molecular weight is 586 g/mol. The van der Waals surface area contributed by atoms with Crippen molar-refractivity contribution in [2.45, 2.75) is 44.2 Å². The summed E-state index contributed by atoms with van der Waals surface area (Å²) < 4.78 is 5.52. The van der Waals surface area contributed by atoms with Crippen LogP contribution in [0, 0.1) is 0 Å². The van der Waals surface area contributed by atoms with Gasteiger partial charge in [0, 0.05) is 47.9 Å². The minimum Gasteiger partial charge on any atom is -0.404 e. The molecule has 0 spiro atoms. The molecule has 5 N–H and O–H groups in total. The van der Waals surface area contributed by atoms with Crippen molar-refractivity contribution in [2.75, 3.05) is 38.2 Å². The largest absolute Gasteiger partial charge is 0.404 e. The zero-order chi connectivity index (χ0) is 29.1. The summed E-state index contributed by atoms with van der Waals surface area (Å²) in [5, 5.41) is 9.39. The predicted molar refractivity (Wildman–Crippen MR) is 164 cm³/mol. The van der Waals surface area contributed by atoms with Crippen LogP contribution in [0.15, 0.2) is 54.7 Å². The number of amides is 2. The maximum Gasteiger partial charge on any atom is 0.257 e. The van der Waals surface area contributed by atoms with Crippen LogP contribution in [0.25, 0.3) is 5.57 Å². The summed E-state index contributed by atoms with van der Waals surface area (Å²) >= 11 is 1.59. The number of aryl methyl sites for hydroxylation is 1. The minimum atomic E-state index is -0.185. The lowest BCUT2D eigenvalue weighted by atomic mass is 9.96. The molecule has 2 atom stereocenters. The standard InChI is InChI=1S/C32H36N6O3S/c33-19-25(20-34)21-4-1-7-24(16-21)31(40)38-11-3-8-28(38)22-5-2-6-23(17-22)30(39)36-32-35-27-10-9-26(18-29(27)42-32)37-12-14-41-15-13-37/h1-2,4-7,16-17,19-20,26,28,33H,3,8-15,18,34H2,(H,35,36,39)/p+1/b25-20+,33-19?/t26-,28+/m0/s1. The number of nitrogens with two attached hydrogens (primary N) is 2. The Hall–Kier alpha value is -3.86. The number of benzene rings is 2. The first kappa shape index (κ1) is 28.3. The van der Waals surface area contributed by atoms with E-state index in [9.17, 15) is 9.59 Å². The van der Waals surface area contributed by atoms with Crippen molar-refractivity contribution >= 4 is 40.1 Å². The van der Waals surface area contributed by atoms with Crippen molar-refractivity contribution in [1.29, 1.82) is 0 Å². The Balaban J connectivity index is 1.14. The maximum atomic E-state index is 13.6. The Kier molecular flexibility index (Phi) is 8.46. The summed E-state index contributed by atoms with van der Waals surface area (Å²) in [4.78, 5) is 37.4. The summed E-state index contributed by atoms with van der Waals surface area (Å²) in [6.07, 6.45) is 7.59. The Morgan fingerprint density at radius 2 is 1.83 bits per heavy atom. The molecule has 1 aromatic heterocycles. The van der Waals surface area contributed by atoms with E-state index in [1.165, 1.54) is 17.3 Å². The fourth-order valence-electron chi connectivity index (χ4n) is 6.32. The minimum absolute atomic E-state index is 0.0497. The highest BCUT2D eigenvalue weighted by molar-refractivity contribution is 7.15. The summed E-state index contributed by atoms with van der Waals surface area (Å²) in [7, 11) is 0. The van der Waals surface area contributed by atoms with Crippen LogP contribution in [0.2, 0.25) is 0 Å². The van der Waals surface area contributed by atoms with Crippen LogP contribution in [-0.4, -0.2) is 71.7 Å². The lowest BCUT2D eigenvalue weighted by Crippen LogP contribution is -2.45. The van der Waals surface area contributed by atoms with Gasteiger partial charge in [0.2, 0.25) is 0 Å². The van der Waals surface area contributed by atoms with E-state index in [1.54, 1.807) is 11.3 Å². The second kappa shape index (κ2) is 12.6. The molecule has 10 heteroatoms. The number of allylic oxidation sites excluding steroid dienone is 1. The van der Waals surface area contributed by atoms with Crippen molar-refractivity contribution in [2.24, 2.45) is 5.73 Å². The monoisotopic (exact) mass is 585 g/mol. The summed E-state index contributed by atoms with van der Waals surface area (Å²) in [6, 6.07) is 15.4. The number of carbonyl (C=O) groups excluding carboxylic acids is 2. The van der Waals surface area contributed by atoms with Crippen LogP contribution in [0.4, 0.5) is 5.13 Å². The molecule has 9 nitrogen and oxygen atoms in total. The molecule has 2 fully saturated rings. The van der Waals surface area contributed by atoms with Gasteiger partial charge < -0.3 is 15.4 Å². The summed E-state index contributed by atoms with van der Waals surface area (Å²) in [6.45, 7) is 4.22. The molecule has 6 rings (SSSR count). The van der Waals surface area contributed by atoms with E-state index in [0.717, 1.165) is 75.2 Å². The van der Waals surface area contributed by atoms with E-state index in [0.29, 0.717) is 34.4 Å². The van der Waals surface area contributed by atoms with Crippen LogP contribution >= 0.6 is 11.3 Å². The number of morpholine rings is 1. The number of carbonyl (C=O) groups is 2. The number of aromatic nitrogens is 1. The quantitative estimate of drug-likeness (QED) is 0.366. The Labute approximate surface area is 249 Å². The van der Waals surface area contributed by atoms with Crippen LogP contribution in [-0.2, 0) is 17.6 Å². The van der Waals surface area contributed by atoms with Gasteiger partial charge in [0.1, 0.15) is 0 Å². The SMILES string of the molecule is N/C=C(\C=[NH2+])c1cccc(C(=O)N2CCC[C@@H]2c2cccc(C(=O)Nc3nc4c(s3)C[C@@H](N3CCOCC3)CC4)c2)c1. The molecule has 1 aliphatic carbocycles. The third-order valence-electron chi connectivity index (χ3n) is 8.55. The van der Waals surface area contributed by atoms with Crippen LogP contribution in [0.3, 0.4) is 0 Å². The number of hydrogen-bond donors (Lipinski definition) is 3. The molecule has 0 bridgehead atoms. The van der Waals surface area contributed by atoms with Crippen LogP contribution < -0.4 is 16.5 Å². The average Bonchev–Trinajstić information content (AvgIpc) is 3.69. The van der Waals surface area contributed by atoms with Crippen LogP contribution in [0.5, 0.6) is 0 Å². The van der Waals surface area contributed by atoms with Crippen molar-refractivity contribution in [3.8, 4) is 0 Å². The Morgan fingerprint density at radius 3 is 2.64 bits per heavy atom. The summed E-state index contributed by atoms with van der Waals surface area (Å²) in [5.74, 6) is -0.235. The third kappa shape index (κ3) is 5.88. The molecular weight excluding hydrogens is 548 g/mol. The van der Waals surface area contributed by atoms with E-state index >= 15 is 0 Å². The number of rotatable bonds is 7. The molecule has 0 radical (unpaired) electrons. The van der Waals surface area contributed by atoms with E-state index in [-0.39, 0.29) is 17.9 Å². The molecule has 2 aromatic carbocycles. The fourth-order valence-corrected chi connectivity index (χ4v) is 7.40. The van der Waals surface area contributed by atoms with Gasteiger partial charge in [-0.05, 0) is 67.5 Å². The lowest BCUT2D eigenvalue weighted by molar-refractivity contribution is -0.103. The van der Waals surface area contributed by atoms with E-state index in [2.05, 4.69) is 10.2 Å². The van der Waals surface area contributed by atoms with E-state index in [1.807, 2.05) is 53.4 Å². The summed E-state index contributed by atoms with van der Waals surface area (Å²) in [5.41, 5.74) is 10.4. The maximum absolute atomic E-state index is 13.6. The van der Waals surface area contributed by atoms with Gasteiger partial charge in [0.15, 0.2) is 11.3 Å². The van der Waals surface area contributed by atoms with Gasteiger partial charge in [-0.25, -0.2) is 4.98 Å². The van der Waals surface area contributed by atoms with Crippen molar-refractivity contribution in [3.05, 3.63) is 87.6 Å². The van der Waals surface area contributed by atoms with Gasteiger partial charge in [0.05, 0.1) is 30.5 Å². The molecule has 3 aromatic rings. The first-order valence-corrected chi connectivity index (χ1v) is 15.5. The smallest absolute Gasteiger partial charge is 0.257 e. The zero-order valence-corrected chi connectivity index (χ0v) is 24.4. The second-order valence-electron chi connectivity index (χ2n) is 11.0. The van der Waals surface area contributed by atoms with Gasteiger partial charge >= 0.3 is 0 Å². The molecule has 42 heavy (non-hydrogen) atoms. The van der Waals surface area contributed by atoms with Crippen molar-refractivity contribution in [3.63, 3.8) is 0 Å². The molecule has 2 aliphatic heterocycles. The number of hydrogen-bond acceptors (Lipinski definition) is 7. The number of nitrogens with zero attached hydrogens (tertiary/aromatic N) is 3. The van der Waals surface area contributed by atoms with Gasteiger partial charge in [0.25, 0.3) is 11.8 Å². The van der Waals surface area contributed by atoms with Gasteiger partial charge in [-0.3, -0.25) is 25.2 Å². The lowest BCUT2D eigenvalue weighted by Gasteiger charge is -2.36. The predicted octanol–water partition coefficient (Wildman–Crippen LogP) is 2.69. The van der Waals surface area contributed by atoms with Crippen LogP contribution in [0.1, 0.15) is 67.7 Å². The molecule has 2 saturated heterocycles. The van der Waals surface area contributed by atoms with E-state index in [4.69, 9.17) is 20.9 Å². The Bertz CT molecular complexity index is 1510. The molecule has 3 aliphatic rings. The molecule has 218 valence electrons. The first-order chi connectivity index (χ1) is 20.5. The number of fused-ring (bicyclic) bond motifs is 1. The number of nitrogens with one attached hydrogen (secondary N) is 1. The highest BCUT2D eigenvalue weighted by atomic mass is 32.1. The van der Waals surface area contributed by atoms with Crippen molar-refractivity contribution in [1.82, 2.24) is 14.8 Å². The Morgan fingerprint density at radius 1 is 1.05 bits per heavy atom. The highest BCUT2D eigenvalue weighted by Crippen LogP contribution is 2.35. The number of thiazole rings is 1. The van der Waals surface area contributed by atoms with Gasteiger partial charge in [-0.15, -0.1) is 11.3 Å². The first-order valence-electron chi connectivity index (χ1n) is 14.6. The van der Waals surface area contributed by atoms with Gasteiger partial charge in [-0.2, -0.15) is 0 Å². The molecular formula is C32H37N6O3S+. The van der Waals surface area contributed by atoms with Crippen molar-refractivity contribution < 1.29 is 19.7 Å². The number of anilines is 1. The normalized spacial score (nSPS) is 21.1. The molecule has 2 amide bonds.